The van der Waals surface area contributed by atoms with E-state index in [0.717, 1.165) is 16.8 Å². The molecule has 4 heteroatoms. The van der Waals surface area contributed by atoms with Gasteiger partial charge in [0.1, 0.15) is 12.4 Å². The Bertz CT molecular complexity index is 1030. The largest absolute Gasteiger partial charge is 0.493 e. The number of benzene rings is 3. The highest BCUT2D eigenvalue weighted by atomic mass is 19.1. The van der Waals surface area contributed by atoms with Crippen molar-refractivity contribution >= 4 is 5.69 Å². The molecule has 0 aliphatic carbocycles. The summed E-state index contributed by atoms with van der Waals surface area (Å²) in [5.74, 6) is 0.968. The Morgan fingerprint density at radius 3 is 2.57 bits per heavy atom. The summed E-state index contributed by atoms with van der Waals surface area (Å²) in [6.07, 6.45) is 2.45. The fourth-order valence-electron chi connectivity index (χ4n) is 3.35. The van der Waals surface area contributed by atoms with E-state index in [4.69, 9.17) is 9.47 Å². The quantitative estimate of drug-likeness (QED) is 0.420. The fourth-order valence-corrected chi connectivity index (χ4v) is 3.35. The second-order valence-corrected chi connectivity index (χ2v) is 7.26. The van der Waals surface area contributed by atoms with Gasteiger partial charge >= 0.3 is 0 Å². The Morgan fingerprint density at radius 2 is 1.83 bits per heavy atom. The third kappa shape index (κ3) is 5.01. The van der Waals surface area contributed by atoms with Crippen LogP contribution in [0.3, 0.4) is 0 Å². The molecule has 0 aliphatic heterocycles. The van der Waals surface area contributed by atoms with Crippen molar-refractivity contribution in [3.63, 3.8) is 0 Å². The Hall–Kier alpha value is -3.27. The van der Waals surface area contributed by atoms with Crippen LogP contribution in [0.1, 0.15) is 27.8 Å². The normalized spacial score (nSPS) is 10.5. The van der Waals surface area contributed by atoms with Gasteiger partial charge in [-0.1, -0.05) is 36.4 Å². The molecule has 30 heavy (non-hydrogen) atoms. The number of hydrogen-bond donors (Lipinski definition) is 1. The number of aryl methyl sites for hydroxylation is 1. The van der Waals surface area contributed by atoms with Crippen LogP contribution in [0.4, 0.5) is 10.1 Å². The first-order valence-electron chi connectivity index (χ1n) is 10.0. The molecule has 0 bridgehead atoms. The number of anilines is 1. The van der Waals surface area contributed by atoms with Crippen LogP contribution in [0.2, 0.25) is 0 Å². The van der Waals surface area contributed by atoms with Gasteiger partial charge < -0.3 is 14.8 Å². The van der Waals surface area contributed by atoms with Crippen LogP contribution in [0.5, 0.6) is 11.5 Å². The van der Waals surface area contributed by atoms with E-state index in [1.807, 2.05) is 18.2 Å². The first kappa shape index (κ1) is 21.4. The maximum atomic E-state index is 14.0. The van der Waals surface area contributed by atoms with E-state index >= 15 is 0 Å². The zero-order valence-corrected chi connectivity index (χ0v) is 17.8. The van der Waals surface area contributed by atoms with Gasteiger partial charge in [0.15, 0.2) is 11.5 Å². The third-order valence-electron chi connectivity index (χ3n) is 5.19. The molecule has 0 atom stereocenters. The second-order valence-electron chi connectivity index (χ2n) is 7.26. The van der Waals surface area contributed by atoms with E-state index < -0.39 is 0 Å². The summed E-state index contributed by atoms with van der Waals surface area (Å²) >= 11 is 0. The monoisotopic (exact) mass is 405 g/mol. The number of rotatable bonds is 9. The summed E-state index contributed by atoms with van der Waals surface area (Å²) in [6, 6.07) is 16.9. The Kier molecular flexibility index (Phi) is 7.12. The van der Waals surface area contributed by atoms with Gasteiger partial charge in [0.2, 0.25) is 0 Å². The highest BCUT2D eigenvalue weighted by Crippen LogP contribution is 2.35. The zero-order valence-electron chi connectivity index (χ0n) is 17.8. The third-order valence-corrected chi connectivity index (χ3v) is 5.19. The molecule has 0 aliphatic rings. The van der Waals surface area contributed by atoms with Gasteiger partial charge in [0, 0.05) is 23.4 Å². The maximum Gasteiger partial charge on any atom is 0.165 e. The van der Waals surface area contributed by atoms with Crippen molar-refractivity contribution in [3.05, 3.63) is 101 Å². The molecule has 0 saturated carbocycles. The lowest BCUT2D eigenvalue weighted by Gasteiger charge is -2.18. The average molecular weight is 406 g/mol. The first-order valence-corrected chi connectivity index (χ1v) is 10.0. The van der Waals surface area contributed by atoms with Crippen LogP contribution in [0.25, 0.3) is 0 Å². The predicted molar refractivity (Wildman–Crippen MR) is 121 cm³/mol. The van der Waals surface area contributed by atoms with Crippen molar-refractivity contribution in [3.8, 4) is 11.5 Å². The molecule has 0 heterocycles. The summed E-state index contributed by atoms with van der Waals surface area (Å²) in [4.78, 5) is 0. The van der Waals surface area contributed by atoms with Crippen molar-refractivity contribution in [2.45, 2.75) is 33.4 Å². The van der Waals surface area contributed by atoms with Gasteiger partial charge in [-0.3, -0.25) is 0 Å². The number of methoxy groups -OCH3 is 1. The van der Waals surface area contributed by atoms with Crippen LogP contribution in [-0.4, -0.2) is 7.11 Å². The van der Waals surface area contributed by atoms with E-state index in [1.54, 1.807) is 25.3 Å². The minimum Gasteiger partial charge on any atom is -0.493 e. The molecule has 0 unspecified atom stereocenters. The van der Waals surface area contributed by atoms with E-state index in [1.165, 1.54) is 17.2 Å². The highest BCUT2D eigenvalue weighted by Gasteiger charge is 2.14. The molecule has 3 nitrogen and oxygen atoms in total. The molecular weight excluding hydrogens is 377 g/mol. The van der Waals surface area contributed by atoms with Gasteiger partial charge in [-0.05, 0) is 61.2 Å². The van der Waals surface area contributed by atoms with Crippen LogP contribution < -0.4 is 14.8 Å². The molecular formula is C26H28FNO2. The van der Waals surface area contributed by atoms with Crippen molar-refractivity contribution in [2.24, 2.45) is 0 Å². The molecule has 0 spiro atoms. The van der Waals surface area contributed by atoms with Crippen LogP contribution in [0, 0.1) is 19.7 Å². The lowest BCUT2D eigenvalue weighted by Crippen LogP contribution is -2.06. The number of hydrogen-bond acceptors (Lipinski definition) is 3. The van der Waals surface area contributed by atoms with Gasteiger partial charge in [-0.2, -0.15) is 0 Å². The number of allylic oxidation sites excluding steroid dienone is 1. The average Bonchev–Trinajstić information content (AvgIpc) is 2.75. The smallest absolute Gasteiger partial charge is 0.165 e. The van der Waals surface area contributed by atoms with E-state index in [-0.39, 0.29) is 12.4 Å². The van der Waals surface area contributed by atoms with Gasteiger partial charge in [0.05, 0.1) is 7.11 Å². The summed E-state index contributed by atoms with van der Waals surface area (Å²) in [7, 11) is 1.62. The number of nitrogens with one attached hydrogen (secondary N) is 1. The molecule has 0 amide bonds. The molecule has 0 saturated heterocycles. The Balaban J connectivity index is 1.84. The van der Waals surface area contributed by atoms with E-state index in [9.17, 15) is 4.39 Å². The van der Waals surface area contributed by atoms with Crippen molar-refractivity contribution in [1.29, 1.82) is 0 Å². The fraction of sp³-hybridized carbons (Fsp3) is 0.231. The topological polar surface area (TPSA) is 30.5 Å². The molecule has 0 aromatic heterocycles. The van der Waals surface area contributed by atoms with Gasteiger partial charge in [-0.15, -0.1) is 6.58 Å². The standard InChI is InChI=1S/C26H28FNO2/c1-5-9-21-14-20(16-28-24-13-8-10-18(2)19(24)3)15-25(29-4)26(21)30-17-22-11-6-7-12-23(22)27/h5-8,10-15,28H,1,9,16-17H2,2-4H3. The Morgan fingerprint density at radius 1 is 1.03 bits per heavy atom. The molecule has 1 N–H and O–H groups in total. The SMILES string of the molecule is C=CCc1cc(CNc2cccc(C)c2C)cc(OC)c1OCc1ccccc1F. The molecule has 0 radical (unpaired) electrons. The van der Waals surface area contributed by atoms with Gasteiger partial charge in [0.25, 0.3) is 0 Å². The summed E-state index contributed by atoms with van der Waals surface area (Å²) in [5, 5.41) is 3.50. The molecule has 0 fully saturated rings. The number of halogens is 1. The van der Waals surface area contributed by atoms with Crippen LogP contribution in [0.15, 0.2) is 67.3 Å². The van der Waals surface area contributed by atoms with E-state index in [0.29, 0.717) is 30.0 Å². The zero-order chi connectivity index (χ0) is 21.5. The second kappa shape index (κ2) is 9.97. The van der Waals surface area contributed by atoms with Crippen molar-refractivity contribution in [2.75, 3.05) is 12.4 Å². The lowest BCUT2D eigenvalue weighted by molar-refractivity contribution is 0.277. The summed E-state index contributed by atoms with van der Waals surface area (Å²) in [6.45, 7) is 8.86. The van der Waals surface area contributed by atoms with E-state index in [2.05, 4.69) is 43.9 Å². The highest BCUT2D eigenvalue weighted by molar-refractivity contribution is 5.55. The van der Waals surface area contributed by atoms with Crippen LogP contribution >= 0.6 is 0 Å². The summed E-state index contributed by atoms with van der Waals surface area (Å²) < 4.78 is 25.6. The van der Waals surface area contributed by atoms with Crippen molar-refractivity contribution in [1.82, 2.24) is 0 Å². The maximum absolute atomic E-state index is 14.0. The minimum atomic E-state index is -0.281. The first-order chi connectivity index (χ1) is 14.5. The molecule has 3 aromatic rings. The lowest BCUT2D eigenvalue weighted by atomic mass is 10.0. The van der Waals surface area contributed by atoms with Gasteiger partial charge in [-0.25, -0.2) is 4.39 Å². The Labute approximate surface area is 178 Å². The molecule has 156 valence electrons. The molecule has 3 rings (SSSR count). The summed E-state index contributed by atoms with van der Waals surface area (Å²) in [5.41, 5.74) is 6.13. The molecule has 3 aromatic carbocycles. The van der Waals surface area contributed by atoms with Crippen LogP contribution in [-0.2, 0) is 19.6 Å². The number of ether oxygens (including phenoxy) is 2. The minimum absolute atomic E-state index is 0.132. The predicted octanol–water partition coefficient (Wildman–Crippen LogP) is 6.37. The van der Waals surface area contributed by atoms with Crippen molar-refractivity contribution < 1.29 is 13.9 Å².